The number of benzene rings is 1. The van der Waals surface area contributed by atoms with E-state index in [9.17, 15) is 0 Å². The van der Waals surface area contributed by atoms with Crippen molar-refractivity contribution >= 4 is 15.9 Å². The van der Waals surface area contributed by atoms with E-state index >= 15 is 0 Å². The van der Waals surface area contributed by atoms with Crippen LogP contribution in [-0.4, -0.2) is 12.2 Å². The van der Waals surface area contributed by atoms with E-state index in [1.807, 2.05) is 19.9 Å². The largest absolute Gasteiger partial charge is 0.495 e. The molecule has 72 valence electrons. The topological polar surface area (TPSA) is 29.5 Å². The number of aliphatic hydroxyl groups excluding tert-OH is 1. The Kier molecular flexibility index (Phi) is 3.33. The van der Waals surface area contributed by atoms with E-state index in [4.69, 9.17) is 9.84 Å². The highest BCUT2D eigenvalue weighted by molar-refractivity contribution is 9.10. The maximum Gasteiger partial charge on any atom is 0.136 e. The van der Waals surface area contributed by atoms with E-state index in [-0.39, 0.29) is 6.61 Å². The fourth-order valence-corrected chi connectivity index (χ4v) is 1.90. The molecule has 0 saturated heterocycles. The van der Waals surface area contributed by atoms with Crippen LogP contribution in [0, 0.1) is 13.8 Å². The van der Waals surface area contributed by atoms with E-state index in [1.54, 1.807) is 7.11 Å². The second kappa shape index (κ2) is 4.11. The first kappa shape index (κ1) is 10.5. The molecule has 0 bridgehead atoms. The quantitative estimate of drug-likeness (QED) is 0.867. The molecule has 0 radical (unpaired) electrons. The van der Waals surface area contributed by atoms with Gasteiger partial charge in [-0.15, -0.1) is 0 Å². The zero-order valence-corrected chi connectivity index (χ0v) is 9.60. The van der Waals surface area contributed by atoms with Crippen LogP contribution in [0.4, 0.5) is 0 Å². The van der Waals surface area contributed by atoms with Gasteiger partial charge >= 0.3 is 0 Å². The highest BCUT2D eigenvalue weighted by Gasteiger charge is 2.10. The third-order valence-electron chi connectivity index (χ3n) is 2.13. The molecule has 0 aliphatic carbocycles. The van der Waals surface area contributed by atoms with Crippen LogP contribution in [-0.2, 0) is 6.61 Å². The number of hydrogen-bond donors (Lipinski definition) is 1. The summed E-state index contributed by atoms with van der Waals surface area (Å²) in [6.45, 7) is 3.97. The summed E-state index contributed by atoms with van der Waals surface area (Å²) < 4.78 is 6.20. The lowest BCUT2D eigenvalue weighted by molar-refractivity contribution is 0.280. The van der Waals surface area contributed by atoms with Gasteiger partial charge in [-0.05, 0) is 46.5 Å². The molecule has 13 heavy (non-hydrogen) atoms. The lowest BCUT2D eigenvalue weighted by Gasteiger charge is -2.13. The van der Waals surface area contributed by atoms with Gasteiger partial charge in [-0.3, -0.25) is 0 Å². The number of aryl methyl sites for hydroxylation is 1. The standard InChI is InChI=1S/C10H13BrO2/c1-6-4-8(5-12)7(2)10(13-3)9(6)11/h4,12H,5H2,1-3H3. The molecule has 0 atom stereocenters. The van der Waals surface area contributed by atoms with Gasteiger partial charge in [0.15, 0.2) is 0 Å². The number of aliphatic hydroxyl groups is 1. The Morgan fingerprint density at radius 1 is 1.46 bits per heavy atom. The van der Waals surface area contributed by atoms with Gasteiger partial charge in [-0.25, -0.2) is 0 Å². The van der Waals surface area contributed by atoms with Crippen molar-refractivity contribution in [3.05, 3.63) is 27.2 Å². The molecule has 0 amide bonds. The highest BCUT2D eigenvalue weighted by Crippen LogP contribution is 2.33. The first-order chi connectivity index (χ1) is 6.11. The minimum atomic E-state index is 0.0519. The number of methoxy groups -OCH3 is 1. The fraction of sp³-hybridized carbons (Fsp3) is 0.400. The molecule has 0 aliphatic heterocycles. The summed E-state index contributed by atoms with van der Waals surface area (Å²) in [5, 5.41) is 9.08. The van der Waals surface area contributed by atoms with Gasteiger partial charge in [0.1, 0.15) is 5.75 Å². The second-order valence-corrected chi connectivity index (χ2v) is 3.78. The smallest absolute Gasteiger partial charge is 0.136 e. The predicted octanol–water partition coefficient (Wildman–Crippen LogP) is 2.57. The molecule has 1 rings (SSSR count). The van der Waals surface area contributed by atoms with Gasteiger partial charge in [-0.2, -0.15) is 0 Å². The zero-order valence-electron chi connectivity index (χ0n) is 8.02. The Hall–Kier alpha value is -0.540. The van der Waals surface area contributed by atoms with E-state index in [0.29, 0.717) is 0 Å². The van der Waals surface area contributed by atoms with Crippen LogP contribution in [0.3, 0.4) is 0 Å². The van der Waals surface area contributed by atoms with Crippen molar-refractivity contribution < 1.29 is 9.84 Å². The van der Waals surface area contributed by atoms with Crippen molar-refractivity contribution in [3.63, 3.8) is 0 Å². The number of halogens is 1. The number of hydrogen-bond acceptors (Lipinski definition) is 2. The minimum absolute atomic E-state index is 0.0519. The van der Waals surface area contributed by atoms with Gasteiger partial charge < -0.3 is 9.84 Å². The molecule has 0 fully saturated rings. The monoisotopic (exact) mass is 244 g/mol. The summed E-state index contributed by atoms with van der Waals surface area (Å²) in [6, 6.07) is 1.96. The van der Waals surface area contributed by atoms with Crippen molar-refractivity contribution in [2.45, 2.75) is 20.5 Å². The van der Waals surface area contributed by atoms with E-state index in [2.05, 4.69) is 15.9 Å². The summed E-state index contributed by atoms with van der Waals surface area (Å²) in [6.07, 6.45) is 0. The van der Waals surface area contributed by atoms with E-state index in [1.165, 1.54) is 0 Å². The van der Waals surface area contributed by atoms with Crippen LogP contribution in [0.15, 0.2) is 10.5 Å². The van der Waals surface area contributed by atoms with Crippen LogP contribution in [0.2, 0.25) is 0 Å². The van der Waals surface area contributed by atoms with E-state index < -0.39 is 0 Å². The Morgan fingerprint density at radius 3 is 2.54 bits per heavy atom. The Labute approximate surface area is 86.7 Å². The summed E-state index contributed by atoms with van der Waals surface area (Å²) in [4.78, 5) is 0. The van der Waals surface area contributed by atoms with Crippen molar-refractivity contribution in [2.24, 2.45) is 0 Å². The van der Waals surface area contributed by atoms with Gasteiger partial charge in [0.25, 0.3) is 0 Å². The van der Waals surface area contributed by atoms with Gasteiger partial charge in [-0.1, -0.05) is 6.07 Å². The highest BCUT2D eigenvalue weighted by atomic mass is 79.9. The van der Waals surface area contributed by atoms with Crippen molar-refractivity contribution in [3.8, 4) is 5.75 Å². The van der Waals surface area contributed by atoms with Gasteiger partial charge in [0, 0.05) is 0 Å². The average molecular weight is 245 g/mol. The van der Waals surface area contributed by atoms with Gasteiger partial charge in [0.2, 0.25) is 0 Å². The zero-order chi connectivity index (χ0) is 10.0. The van der Waals surface area contributed by atoms with Crippen molar-refractivity contribution in [2.75, 3.05) is 7.11 Å². The molecule has 0 saturated carbocycles. The average Bonchev–Trinajstić information content (AvgIpc) is 2.12. The molecule has 0 aromatic heterocycles. The summed E-state index contributed by atoms with van der Waals surface area (Å²) in [5.41, 5.74) is 2.98. The molecule has 2 nitrogen and oxygen atoms in total. The van der Waals surface area contributed by atoms with Crippen LogP contribution >= 0.6 is 15.9 Å². The molecular formula is C10H13BrO2. The van der Waals surface area contributed by atoms with Crippen molar-refractivity contribution in [1.29, 1.82) is 0 Å². The van der Waals surface area contributed by atoms with Crippen LogP contribution in [0.1, 0.15) is 16.7 Å². The summed E-state index contributed by atoms with van der Waals surface area (Å²) in [5.74, 6) is 0.809. The Bertz CT molecular complexity index is 321. The minimum Gasteiger partial charge on any atom is -0.495 e. The summed E-state index contributed by atoms with van der Waals surface area (Å²) in [7, 11) is 1.63. The molecule has 1 aromatic rings. The summed E-state index contributed by atoms with van der Waals surface area (Å²) >= 11 is 3.45. The number of ether oxygens (including phenoxy) is 1. The van der Waals surface area contributed by atoms with Gasteiger partial charge in [0.05, 0.1) is 18.2 Å². The second-order valence-electron chi connectivity index (χ2n) is 2.98. The molecule has 0 unspecified atom stereocenters. The fourth-order valence-electron chi connectivity index (χ4n) is 1.33. The Balaban J connectivity index is 3.39. The normalized spacial score (nSPS) is 10.2. The predicted molar refractivity (Wildman–Crippen MR) is 56.1 cm³/mol. The number of rotatable bonds is 2. The van der Waals surface area contributed by atoms with Crippen LogP contribution < -0.4 is 4.74 Å². The molecule has 1 N–H and O–H groups in total. The lowest BCUT2D eigenvalue weighted by atomic mass is 10.1. The SMILES string of the molecule is COc1c(C)c(CO)cc(C)c1Br. The first-order valence-electron chi connectivity index (χ1n) is 4.05. The third kappa shape index (κ3) is 1.86. The van der Waals surface area contributed by atoms with Crippen molar-refractivity contribution in [1.82, 2.24) is 0 Å². The maximum absolute atomic E-state index is 9.08. The lowest BCUT2D eigenvalue weighted by Crippen LogP contribution is -1.97. The van der Waals surface area contributed by atoms with Crippen LogP contribution in [0.5, 0.6) is 5.75 Å². The Morgan fingerprint density at radius 2 is 2.08 bits per heavy atom. The molecule has 1 aromatic carbocycles. The third-order valence-corrected chi connectivity index (χ3v) is 3.12. The molecule has 0 spiro atoms. The molecular weight excluding hydrogens is 232 g/mol. The maximum atomic E-state index is 9.08. The first-order valence-corrected chi connectivity index (χ1v) is 4.84. The van der Waals surface area contributed by atoms with E-state index in [0.717, 1.165) is 26.9 Å². The molecule has 0 aliphatic rings. The van der Waals surface area contributed by atoms with Crippen LogP contribution in [0.25, 0.3) is 0 Å². The molecule has 0 heterocycles. The molecule has 3 heteroatoms.